The number of nitrogens with one attached hydrogen (secondary N) is 2. The first-order valence-electron chi connectivity index (χ1n) is 11.0. The highest BCUT2D eigenvalue weighted by atomic mass is 16.2. The molecule has 2 N–H and O–H groups in total. The molecule has 1 aliphatic carbocycles. The summed E-state index contributed by atoms with van der Waals surface area (Å²) in [6, 6.07) is 9.32. The molecule has 1 aromatic carbocycles. The monoisotopic (exact) mass is 397 g/mol. The Bertz CT molecular complexity index is 723. The first kappa shape index (κ1) is 21.4. The highest BCUT2D eigenvalue weighted by Crippen LogP contribution is 2.39. The maximum atomic E-state index is 12.6. The number of allylic oxidation sites excluding steroid dienone is 1. The van der Waals surface area contributed by atoms with Crippen molar-refractivity contribution in [2.24, 2.45) is 23.7 Å². The van der Waals surface area contributed by atoms with E-state index in [2.05, 4.69) is 37.5 Å². The van der Waals surface area contributed by atoms with Crippen molar-refractivity contribution in [3.05, 3.63) is 42.0 Å². The largest absolute Gasteiger partial charge is 0.343 e. The third-order valence-electron chi connectivity index (χ3n) is 6.49. The van der Waals surface area contributed by atoms with Gasteiger partial charge < -0.3 is 15.5 Å². The van der Waals surface area contributed by atoms with E-state index in [1.807, 2.05) is 35.2 Å². The lowest BCUT2D eigenvalue weighted by Crippen LogP contribution is -2.39. The second kappa shape index (κ2) is 9.95. The minimum absolute atomic E-state index is 0.170. The van der Waals surface area contributed by atoms with E-state index in [1.165, 1.54) is 5.57 Å². The van der Waals surface area contributed by atoms with Crippen LogP contribution in [0, 0.1) is 23.7 Å². The third-order valence-corrected chi connectivity index (χ3v) is 6.49. The molecule has 1 heterocycles. The highest BCUT2D eigenvalue weighted by molar-refractivity contribution is 5.89. The summed E-state index contributed by atoms with van der Waals surface area (Å²) in [5, 5.41) is 5.92. The molecule has 1 aliphatic heterocycles. The van der Waals surface area contributed by atoms with E-state index in [1.54, 1.807) is 0 Å². The van der Waals surface area contributed by atoms with Gasteiger partial charge in [-0.2, -0.15) is 0 Å². The molecule has 0 radical (unpaired) electrons. The molecule has 3 atom stereocenters. The first-order valence-corrected chi connectivity index (χ1v) is 11.0. The van der Waals surface area contributed by atoms with Gasteiger partial charge in [0.1, 0.15) is 0 Å². The molecule has 0 bridgehead atoms. The van der Waals surface area contributed by atoms with E-state index in [0.29, 0.717) is 42.5 Å². The maximum Gasteiger partial charge on any atom is 0.319 e. The van der Waals surface area contributed by atoms with Gasteiger partial charge in [0.2, 0.25) is 5.91 Å². The predicted molar refractivity (Wildman–Crippen MR) is 118 cm³/mol. The SMILES string of the molecule is CC1=C[C@@H](CNC(=O)Nc2ccccc2)[C@H](C(C)C)C[C@H]1CC(=O)N1CCCC1. The number of hydrogen-bond acceptors (Lipinski definition) is 2. The molecule has 3 rings (SSSR count). The Kier molecular flexibility index (Phi) is 7.34. The van der Waals surface area contributed by atoms with Crippen molar-refractivity contribution in [1.29, 1.82) is 0 Å². The third kappa shape index (κ3) is 5.84. The summed E-state index contributed by atoms with van der Waals surface area (Å²) >= 11 is 0. The fraction of sp³-hybridized carbons (Fsp3) is 0.583. The van der Waals surface area contributed by atoms with Crippen LogP contribution in [0.3, 0.4) is 0 Å². The number of carbonyl (C=O) groups is 2. The number of urea groups is 1. The van der Waals surface area contributed by atoms with Gasteiger partial charge in [-0.05, 0) is 62.0 Å². The summed E-state index contributed by atoms with van der Waals surface area (Å²) in [5.74, 6) is 1.90. The predicted octanol–water partition coefficient (Wildman–Crippen LogP) is 4.68. The van der Waals surface area contributed by atoms with Gasteiger partial charge >= 0.3 is 6.03 Å². The second-order valence-electron chi connectivity index (χ2n) is 8.91. The molecular weight excluding hydrogens is 362 g/mol. The van der Waals surface area contributed by atoms with Crippen LogP contribution in [0.15, 0.2) is 42.0 Å². The quantitative estimate of drug-likeness (QED) is 0.685. The summed E-state index contributed by atoms with van der Waals surface area (Å²) < 4.78 is 0. The van der Waals surface area contributed by atoms with Crippen LogP contribution in [0.25, 0.3) is 0 Å². The molecule has 1 fully saturated rings. The first-order chi connectivity index (χ1) is 13.9. The topological polar surface area (TPSA) is 61.4 Å². The molecule has 5 heteroatoms. The van der Waals surface area contributed by atoms with Crippen molar-refractivity contribution >= 4 is 17.6 Å². The van der Waals surface area contributed by atoms with Crippen molar-refractivity contribution < 1.29 is 9.59 Å². The molecule has 1 saturated heterocycles. The minimum Gasteiger partial charge on any atom is -0.343 e. The Morgan fingerprint density at radius 2 is 1.83 bits per heavy atom. The number of rotatable bonds is 6. The Morgan fingerprint density at radius 3 is 2.48 bits per heavy atom. The summed E-state index contributed by atoms with van der Waals surface area (Å²) in [5.41, 5.74) is 2.09. The number of carbonyl (C=O) groups excluding carboxylic acids is 2. The van der Waals surface area contributed by atoms with Crippen LogP contribution in [-0.4, -0.2) is 36.5 Å². The zero-order valence-corrected chi connectivity index (χ0v) is 18.0. The minimum atomic E-state index is -0.170. The number of para-hydroxylation sites is 1. The van der Waals surface area contributed by atoms with Crippen LogP contribution in [0.2, 0.25) is 0 Å². The number of anilines is 1. The van der Waals surface area contributed by atoms with E-state index in [0.717, 1.165) is 38.0 Å². The Hall–Kier alpha value is -2.30. The van der Waals surface area contributed by atoms with Crippen molar-refractivity contribution in [2.45, 2.75) is 46.5 Å². The van der Waals surface area contributed by atoms with Crippen LogP contribution in [-0.2, 0) is 4.79 Å². The van der Waals surface area contributed by atoms with Gasteiger partial charge in [0.25, 0.3) is 0 Å². The van der Waals surface area contributed by atoms with Crippen LogP contribution in [0.1, 0.15) is 46.5 Å². The van der Waals surface area contributed by atoms with Gasteiger partial charge in [-0.25, -0.2) is 4.79 Å². The molecular formula is C24H35N3O2. The average Bonchev–Trinajstić information content (AvgIpc) is 3.23. The normalized spacial score (nSPS) is 24.3. The van der Waals surface area contributed by atoms with Crippen LogP contribution < -0.4 is 10.6 Å². The van der Waals surface area contributed by atoms with Crippen molar-refractivity contribution in [1.82, 2.24) is 10.2 Å². The average molecular weight is 398 g/mol. The van der Waals surface area contributed by atoms with E-state index in [9.17, 15) is 9.59 Å². The molecule has 2 aliphatic rings. The maximum absolute atomic E-state index is 12.6. The number of amides is 3. The molecule has 5 nitrogen and oxygen atoms in total. The summed E-state index contributed by atoms with van der Waals surface area (Å²) in [7, 11) is 0. The lowest BCUT2D eigenvalue weighted by atomic mass is 9.69. The van der Waals surface area contributed by atoms with Gasteiger partial charge in [-0.3, -0.25) is 4.79 Å². The number of benzene rings is 1. The standard InChI is InChI=1S/C24H35N3O2/c1-17(2)22-14-19(15-23(28)27-11-7-8-12-27)18(3)13-20(22)16-25-24(29)26-21-9-5-4-6-10-21/h4-6,9-10,13,17,19-20,22H,7-8,11-12,14-16H2,1-3H3,(H2,25,26,29)/t19-,20-,22-/m0/s1. The Balaban J connectivity index is 1.58. The molecule has 0 spiro atoms. The van der Waals surface area contributed by atoms with Gasteiger partial charge in [0, 0.05) is 31.7 Å². The molecule has 3 amide bonds. The number of likely N-dealkylation sites (tertiary alicyclic amines) is 1. The fourth-order valence-corrected chi connectivity index (χ4v) is 4.72. The highest BCUT2D eigenvalue weighted by Gasteiger charge is 2.33. The van der Waals surface area contributed by atoms with Crippen molar-refractivity contribution in [3.63, 3.8) is 0 Å². The summed E-state index contributed by atoms with van der Waals surface area (Å²) in [6.07, 6.45) is 6.22. The summed E-state index contributed by atoms with van der Waals surface area (Å²) in [4.78, 5) is 26.9. The number of hydrogen-bond donors (Lipinski definition) is 2. The van der Waals surface area contributed by atoms with Gasteiger partial charge in [-0.1, -0.05) is 43.7 Å². The lowest BCUT2D eigenvalue weighted by molar-refractivity contribution is -0.131. The molecule has 0 unspecified atom stereocenters. The Labute approximate surface area is 174 Å². The van der Waals surface area contributed by atoms with Crippen molar-refractivity contribution in [3.8, 4) is 0 Å². The van der Waals surface area contributed by atoms with E-state index in [4.69, 9.17) is 0 Å². The molecule has 158 valence electrons. The van der Waals surface area contributed by atoms with Gasteiger partial charge in [-0.15, -0.1) is 0 Å². The second-order valence-corrected chi connectivity index (χ2v) is 8.91. The lowest BCUT2D eigenvalue weighted by Gasteiger charge is -2.37. The van der Waals surface area contributed by atoms with Crippen LogP contribution >= 0.6 is 0 Å². The number of nitrogens with zero attached hydrogens (tertiary/aromatic N) is 1. The van der Waals surface area contributed by atoms with Crippen molar-refractivity contribution in [2.75, 3.05) is 25.0 Å². The van der Waals surface area contributed by atoms with Gasteiger partial charge in [0.05, 0.1) is 0 Å². The van der Waals surface area contributed by atoms with E-state index < -0.39 is 0 Å². The zero-order valence-electron chi connectivity index (χ0n) is 18.0. The van der Waals surface area contributed by atoms with Gasteiger partial charge in [0.15, 0.2) is 0 Å². The van der Waals surface area contributed by atoms with E-state index in [-0.39, 0.29) is 6.03 Å². The van der Waals surface area contributed by atoms with Crippen LogP contribution in [0.4, 0.5) is 10.5 Å². The zero-order chi connectivity index (χ0) is 20.8. The molecule has 1 aromatic rings. The van der Waals surface area contributed by atoms with E-state index >= 15 is 0 Å². The molecule has 0 aromatic heterocycles. The Morgan fingerprint density at radius 1 is 1.14 bits per heavy atom. The smallest absolute Gasteiger partial charge is 0.319 e. The summed E-state index contributed by atoms with van der Waals surface area (Å²) in [6.45, 7) is 9.10. The van der Waals surface area contributed by atoms with Crippen LogP contribution in [0.5, 0.6) is 0 Å². The fourth-order valence-electron chi connectivity index (χ4n) is 4.72. The molecule has 0 saturated carbocycles. The molecule has 29 heavy (non-hydrogen) atoms.